The number of nitrogens with zero attached hydrogens (tertiary/aromatic N) is 5. The molecule has 4 aromatic heterocycles. The predicted octanol–water partition coefficient (Wildman–Crippen LogP) is 19.2. The van der Waals surface area contributed by atoms with Crippen molar-refractivity contribution in [3.8, 4) is 17.2 Å². The first-order valence-corrected chi connectivity index (χ1v) is 31.9. The summed E-state index contributed by atoms with van der Waals surface area (Å²) in [6, 6.07) is 29.3. The molecule has 2 N–H and O–H groups in total. The van der Waals surface area contributed by atoms with Gasteiger partial charge in [-0.25, -0.2) is 4.39 Å². The zero-order chi connectivity index (χ0) is 61.8. The molecule has 91 heavy (non-hydrogen) atoms. The largest absolute Gasteiger partial charge is 0.494 e. The fourth-order valence-electron chi connectivity index (χ4n) is 8.47. The van der Waals surface area contributed by atoms with Gasteiger partial charge in [0.25, 0.3) is 11.1 Å². The second kappa shape index (κ2) is 67.6. The third kappa shape index (κ3) is 43.8. The molecular weight excluding hydrogens is 1500 g/mol. The number of aromatic nitrogens is 4. The summed E-state index contributed by atoms with van der Waals surface area (Å²) in [7, 11) is 8.22. The van der Waals surface area contributed by atoms with Gasteiger partial charge in [0.1, 0.15) is 23.1 Å². The molecule has 3 aliphatic heterocycles. The van der Waals surface area contributed by atoms with E-state index in [0.29, 0.717) is 30.6 Å². The molecule has 4 aromatic carbocycles. The summed E-state index contributed by atoms with van der Waals surface area (Å²) in [5.41, 5.74) is 1.87. The summed E-state index contributed by atoms with van der Waals surface area (Å²) >= 11 is 0. The maximum atomic E-state index is 12.7. The van der Waals surface area contributed by atoms with Gasteiger partial charge in [0.2, 0.25) is 0 Å². The quantitative estimate of drug-likeness (QED) is 0.123. The van der Waals surface area contributed by atoms with E-state index in [-0.39, 0.29) is 177 Å². The molecule has 3 saturated heterocycles. The van der Waals surface area contributed by atoms with Crippen molar-refractivity contribution >= 4 is 71.3 Å². The number of hydrogen-bond acceptors (Lipinski definition) is 10. The van der Waals surface area contributed by atoms with Crippen LogP contribution in [-0.4, -0.2) is 93.0 Å². The molecule has 12 nitrogen and oxygen atoms in total. The molecule has 3 unspecified atom stereocenters. The normalized spacial score (nSPS) is 12.3. The number of fused-ring (bicyclic) bond motifs is 4. The zero-order valence-corrected chi connectivity index (χ0v) is 73.8. The molecular formula is C71H115FN7O5P3Y4-4. The fourth-order valence-corrected chi connectivity index (χ4v) is 9.57. The molecule has 0 spiro atoms. The van der Waals surface area contributed by atoms with Crippen LogP contribution >= 0.6 is 28.2 Å². The first-order chi connectivity index (χ1) is 40.4. The second-order valence-electron chi connectivity index (χ2n) is 18.2. The summed E-state index contributed by atoms with van der Waals surface area (Å²) in [5, 5.41) is 7.48. The van der Waals surface area contributed by atoms with Crippen molar-refractivity contribution in [2.45, 2.75) is 148 Å². The number of pyridine rings is 4. The van der Waals surface area contributed by atoms with E-state index in [1.165, 1.54) is 120 Å². The molecule has 11 rings (SSSR count). The number of H-pyrrole nitrogens is 2. The van der Waals surface area contributed by atoms with Crippen molar-refractivity contribution in [3.63, 3.8) is 0 Å². The van der Waals surface area contributed by atoms with Crippen LogP contribution in [0, 0.1) is 49.4 Å². The molecule has 3 atom stereocenters. The molecule has 0 saturated carbocycles. The van der Waals surface area contributed by atoms with Gasteiger partial charge in [-0.3, -0.25) is 33.6 Å². The van der Waals surface area contributed by atoms with Crippen molar-refractivity contribution in [2.24, 2.45) is 0 Å². The summed E-state index contributed by atoms with van der Waals surface area (Å²) in [6.45, 7) is 35.5. The van der Waals surface area contributed by atoms with Gasteiger partial charge in [0.15, 0.2) is 0 Å². The molecule has 3 aliphatic rings. The summed E-state index contributed by atoms with van der Waals surface area (Å²) in [6.07, 6.45) is 19.5. The van der Waals surface area contributed by atoms with E-state index < -0.39 is 0 Å². The molecule has 0 amide bonds. The van der Waals surface area contributed by atoms with E-state index in [9.17, 15) is 14.0 Å². The van der Waals surface area contributed by atoms with Crippen LogP contribution in [0.4, 0.5) is 4.39 Å². The van der Waals surface area contributed by atoms with E-state index in [1.807, 2.05) is 145 Å². The van der Waals surface area contributed by atoms with Crippen molar-refractivity contribution in [3.05, 3.63) is 189 Å². The molecule has 0 aliphatic carbocycles. The number of halogens is 1. The standard InChI is InChI=1S/C12H13NO.2C11H11NO2.C10H8FN.3C5H12NP.4C2H6.4CH3.4Y/c1-3-14-11-4-5-12-9(2)13-7-6-10(12)8-11;2*1-2-14-9-3-4-10-8(7-9)5-6-12-11(10)13;1-7-10-3-2-9(11)6-8(10)4-5-12-7;3*7-6-4-2-1-3-5-6;4*1-2;;;;;;;;/h4-8H,3H2,1-2H3;2*3-7H,2H2,1H3,(H,12,13);2-6H,1H3;3*1-5,7H2;4*1-2H3;4*1H3;;;;/q;;;;;;;;;;;4*-1;;;;. The van der Waals surface area contributed by atoms with Crippen LogP contribution in [0.25, 0.3) is 43.1 Å². The Hall–Kier alpha value is -0.964. The first-order valence-electron chi connectivity index (χ1n) is 30.4. The smallest absolute Gasteiger partial charge is 0.255 e. The Bertz CT molecular complexity index is 2950. The number of rotatable bonds is 6. The Morgan fingerprint density at radius 3 is 0.945 bits per heavy atom. The summed E-state index contributed by atoms with van der Waals surface area (Å²) in [5.74, 6) is 2.31. The number of nitrogens with one attached hydrogen (secondary N) is 2. The van der Waals surface area contributed by atoms with Crippen LogP contribution in [0.2, 0.25) is 0 Å². The van der Waals surface area contributed by atoms with E-state index in [2.05, 4.69) is 68.2 Å². The number of benzene rings is 4. The zero-order valence-electron chi connectivity index (χ0n) is 59.0. The summed E-state index contributed by atoms with van der Waals surface area (Å²) < 4.78 is 35.8. The van der Waals surface area contributed by atoms with Gasteiger partial charge in [-0.05, 0) is 192 Å². The van der Waals surface area contributed by atoms with Gasteiger partial charge in [-0.1, -0.05) is 103 Å². The fraction of sp³-hybridized carbons (Fsp3) is 0.437. The molecule has 20 heteroatoms. The average Bonchev–Trinajstić information content (AvgIpc) is 3.60. The Labute approximate surface area is 660 Å². The van der Waals surface area contributed by atoms with Gasteiger partial charge in [0.05, 0.1) is 19.8 Å². The van der Waals surface area contributed by atoms with Gasteiger partial charge < -0.3 is 53.9 Å². The van der Waals surface area contributed by atoms with Crippen LogP contribution in [0.5, 0.6) is 17.2 Å². The van der Waals surface area contributed by atoms with Gasteiger partial charge in [0, 0.05) is 228 Å². The van der Waals surface area contributed by atoms with Crippen molar-refractivity contribution in [2.75, 3.05) is 59.1 Å². The molecule has 7 heterocycles. The Balaban J connectivity index is -0.000000144. The SMILES string of the molecule is CC.CC.CC.CC.CCOc1ccc2c(=O)[nH]ccc2c1.CCOc1ccc2c(=O)[nH]ccc2c1.CCOc1ccc2c(C)nccc2c1.Cc1nccc2cc(F)ccc12.PN1CCCCC1.PN1CCCCC1.PN1CCCCC1.[CH3-].[CH3-].[CH3-].[CH3-].[Y].[Y].[Y].[Y]. The first kappa shape index (κ1) is 106. The minimum atomic E-state index is -0.201. The van der Waals surface area contributed by atoms with E-state index in [1.54, 1.807) is 48.9 Å². The summed E-state index contributed by atoms with van der Waals surface area (Å²) in [4.78, 5) is 36.3. The maximum Gasteiger partial charge on any atom is 0.255 e. The molecule has 3 fully saturated rings. The van der Waals surface area contributed by atoms with Crippen LogP contribution in [0.3, 0.4) is 0 Å². The number of piperidine rings is 3. The van der Waals surface area contributed by atoms with E-state index >= 15 is 0 Å². The van der Waals surface area contributed by atoms with Crippen LogP contribution in [0.1, 0.15) is 145 Å². The predicted molar refractivity (Wildman–Crippen MR) is 392 cm³/mol. The number of aromatic amines is 2. The van der Waals surface area contributed by atoms with Gasteiger partial charge >= 0.3 is 0 Å². The maximum absolute atomic E-state index is 12.7. The minimum absolute atomic E-state index is 0. The molecule has 8 aromatic rings. The van der Waals surface area contributed by atoms with E-state index in [0.717, 1.165) is 50.2 Å². The molecule has 0 bridgehead atoms. The Morgan fingerprint density at radius 1 is 0.407 bits per heavy atom. The number of aryl methyl sites for hydroxylation is 2. The van der Waals surface area contributed by atoms with Crippen molar-refractivity contribution in [1.29, 1.82) is 0 Å². The molecule has 4 radical (unpaired) electrons. The Kier molecular flexibility index (Phi) is 78.8. The third-order valence-electron chi connectivity index (χ3n) is 12.5. The van der Waals surface area contributed by atoms with E-state index in [4.69, 9.17) is 14.2 Å². The van der Waals surface area contributed by atoms with Gasteiger partial charge in [-0.2, -0.15) is 0 Å². The third-order valence-corrected chi connectivity index (χ3v) is 14.0. The van der Waals surface area contributed by atoms with Crippen LogP contribution in [-0.2, 0) is 131 Å². The van der Waals surface area contributed by atoms with Crippen LogP contribution in [0.15, 0.2) is 131 Å². The Morgan fingerprint density at radius 2 is 0.670 bits per heavy atom. The van der Waals surface area contributed by atoms with Crippen LogP contribution < -0.4 is 25.3 Å². The monoisotopic (exact) mass is 1610 g/mol. The minimum Gasteiger partial charge on any atom is -0.494 e. The topological polar surface area (TPSA) is 129 Å². The molecule has 502 valence electrons. The second-order valence-corrected chi connectivity index (χ2v) is 20.4. The number of ether oxygens (including phenoxy) is 3. The average molecular weight is 1610 g/mol. The number of hydrogen-bond donors (Lipinski definition) is 2. The van der Waals surface area contributed by atoms with Crippen molar-refractivity contribution in [1.82, 2.24) is 33.9 Å². The van der Waals surface area contributed by atoms with Crippen molar-refractivity contribution < 1.29 is 149 Å². The van der Waals surface area contributed by atoms with Gasteiger partial charge in [-0.15, -0.1) is 0 Å².